The lowest BCUT2D eigenvalue weighted by Gasteiger charge is -2.20. The first-order valence-electron chi connectivity index (χ1n) is 9.38. The monoisotopic (exact) mass is 567 g/mol. The zero-order valence-corrected chi connectivity index (χ0v) is 18.2. The van der Waals surface area contributed by atoms with E-state index in [1.807, 2.05) is 5.32 Å². The second-order valence-corrected chi connectivity index (χ2v) is 8.20. The second kappa shape index (κ2) is 9.50. The van der Waals surface area contributed by atoms with E-state index in [0.717, 1.165) is 24.3 Å². The van der Waals surface area contributed by atoms with Gasteiger partial charge in [0.15, 0.2) is 5.69 Å². The molecule has 0 saturated heterocycles. The quantitative estimate of drug-likeness (QED) is 0.260. The summed E-state index contributed by atoms with van der Waals surface area (Å²) in [6.07, 6.45) is -15.9. The minimum Gasteiger partial charge on any atom is -0.325 e. The van der Waals surface area contributed by atoms with Gasteiger partial charge in [0, 0.05) is 11.0 Å². The summed E-state index contributed by atoms with van der Waals surface area (Å²) in [7, 11) is 0. The van der Waals surface area contributed by atoms with Crippen molar-refractivity contribution >= 4 is 23.4 Å². The number of nitrogens with zero attached hydrogens (tertiary/aromatic N) is 2. The van der Waals surface area contributed by atoms with Crippen molar-refractivity contribution in [2.45, 2.75) is 28.9 Å². The molecule has 0 saturated carbocycles. The number of aromatic nitrogens is 2. The molecule has 1 heterocycles. The Labute approximate surface area is 201 Å². The first kappa shape index (κ1) is 28.2. The van der Waals surface area contributed by atoms with Gasteiger partial charge in [-0.25, -0.2) is 9.55 Å². The van der Waals surface area contributed by atoms with E-state index in [4.69, 9.17) is 0 Å². The third-order valence-corrected chi connectivity index (χ3v) is 5.18. The van der Waals surface area contributed by atoms with Gasteiger partial charge in [0.2, 0.25) is 5.95 Å². The van der Waals surface area contributed by atoms with Crippen LogP contribution in [0.2, 0.25) is 0 Å². The molecule has 0 aliphatic heterocycles. The molecule has 1 aromatic heterocycles. The molecule has 0 unspecified atom stereocenters. The largest absolute Gasteiger partial charge is 0.446 e. The van der Waals surface area contributed by atoms with E-state index in [-0.39, 0.29) is 29.2 Å². The average Bonchev–Trinajstić information content (AvgIpc) is 2.71. The Morgan fingerprint density at radius 3 is 1.81 bits per heavy atom. The number of rotatable bonds is 4. The molecule has 0 spiro atoms. The van der Waals surface area contributed by atoms with Gasteiger partial charge < -0.3 is 5.32 Å². The highest BCUT2D eigenvalue weighted by Crippen LogP contribution is 2.41. The lowest BCUT2D eigenvalue weighted by atomic mass is 10.1. The number of nitrogens with one attached hydrogen (secondary N) is 1. The zero-order valence-electron chi connectivity index (χ0n) is 17.4. The number of thioether (sulfide) groups is 1. The Morgan fingerprint density at radius 1 is 0.730 bits per heavy atom. The molecule has 4 nitrogen and oxygen atoms in total. The van der Waals surface area contributed by atoms with Crippen molar-refractivity contribution < 1.29 is 52.7 Å². The first-order chi connectivity index (χ1) is 16.8. The van der Waals surface area contributed by atoms with Crippen LogP contribution in [0.15, 0.2) is 58.2 Å². The summed E-state index contributed by atoms with van der Waals surface area (Å²) in [5, 5.41) is 1.81. The third kappa shape index (κ3) is 6.90. The van der Waals surface area contributed by atoms with Crippen LogP contribution in [0.3, 0.4) is 0 Å². The third-order valence-electron chi connectivity index (χ3n) is 4.44. The molecule has 0 radical (unpaired) electrons. The van der Waals surface area contributed by atoms with Gasteiger partial charge in [0.25, 0.3) is 5.56 Å². The number of anilines is 2. The topological polar surface area (TPSA) is 46.9 Å². The van der Waals surface area contributed by atoms with Crippen molar-refractivity contribution in [1.29, 1.82) is 0 Å². The summed E-state index contributed by atoms with van der Waals surface area (Å²) in [5.41, 5.74) is -13.3. The SMILES string of the molecule is O=c1cc(C(F)(F)F)nc(Nc2ccc(C(F)(F)F)cc2C(F)(F)F)n1-c1ccc(SC(F)(F)F)cc1. The van der Waals surface area contributed by atoms with Gasteiger partial charge in [0.1, 0.15) is 0 Å². The number of hydrogen-bond acceptors (Lipinski definition) is 4. The Kier molecular flexibility index (Phi) is 7.24. The van der Waals surface area contributed by atoms with Crippen molar-refractivity contribution in [1.82, 2.24) is 9.55 Å². The summed E-state index contributed by atoms with van der Waals surface area (Å²) in [6.45, 7) is 0. The fourth-order valence-corrected chi connectivity index (χ4v) is 3.48. The van der Waals surface area contributed by atoms with Crippen LogP contribution in [-0.2, 0) is 18.5 Å². The van der Waals surface area contributed by atoms with Crippen LogP contribution in [0.5, 0.6) is 0 Å². The summed E-state index contributed by atoms with van der Waals surface area (Å²) in [6, 6.07) is 3.58. The molecule has 200 valence electrons. The van der Waals surface area contributed by atoms with Crippen molar-refractivity contribution in [3.05, 3.63) is 75.7 Å². The van der Waals surface area contributed by atoms with Crippen LogP contribution >= 0.6 is 11.8 Å². The van der Waals surface area contributed by atoms with E-state index >= 15 is 0 Å². The normalized spacial score (nSPS) is 13.1. The lowest BCUT2D eigenvalue weighted by molar-refractivity contribution is -0.143. The van der Waals surface area contributed by atoms with Crippen molar-refractivity contribution in [3.8, 4) is 5.69 Å². The van der Waals surface area contributed by atoms with E-state index in [9.17, 15) is 57.5 Å². The fraction of sp³-hybridized carbons (Fsp3) is 0.200. The molecule has 3 rings (SSSR count). The van der Waals surface area contributed by atoms with Gasteiger partial charge >= 0.3 is 24.0 Å². The minimum absolute atomic E-state index is 0.0129. The zero-order chi connectivity index (χ0) is 28.0. The predicted molar refractivity (Wildman–Crippen MR) is 106 cm³/mol. The standard InChI is InChI=1S/C20H9F12N3OS/c21-17(22,23)9-1-6-13(12(7-9)18(24,25)26)33-16-34-14(19(27,28)29)8-15(36)35(16)10-2-4-11(5-3-10)37-20(30,31)32/h1-8H,(H,33,34). The minimum atomic E-state index is -5.42. The molecule has 0 bridgehead atoms. The molecule has 17 heteroatoms. The lowest BCUT2D eigenvalue weighted by Crippen LogP contribution is -2.26. The fourth-order valence-electron chi connectivity index (χ4n) is 2.94. The molecule has 1 N–H and O–H groups in total. The molecule has 37 heavy (non-hydrogen) atoms. The van der Waals surface area contributed by atoms with Crippen LogP contribution < -0.4 is 10.9 Å². The van der Waals surface area contributed by atoms with Crippen molar-refractivity contribution in [2.24, 2.45) is 0 Å². The van der Waals surface area contributed by atoms with Gasteiger partial charge in [-0.3, -0.25) is 4.79 Å². The summed E-state index contributed by atoms with van der Waals surface area (Å²) in [4.78, 5) is 15.2. The van der Waals surface area contributed by atoms with Crippen LogP contribution in [-0.4, -0.2) is 15.1 Å². The molecular formula is C20H9F12N3OS. The van der Waals surface area contributed by atoms with Gasteiger partial charge in [-0.15, -0.1) is 0 Å². The Hall–Kier alpha value is -3.37. The summed E-state index contributed by atoms with van der Waals surface area (Å²) < 4.78 is 157. The first-order valence-corrected chi connectivity index (χ1v) is 10.2. The van der Waals surface area contributed by atoms with Gasteiger partial charge in [-0.2, -0.15) is 52.7 Å². The molecular weight excluding hydrogens is 558 g/mol. The van der Waals surface area contributed by atoms with Gasteiger partial charge in [-0.05, 0) is 54.2 Å². The Balaban J connectivity index is 2.20. The van der Waals surface area contributed by atoms with E-state index < -0.39 is 75.5 Å². The molecule has 3 aromatic rings. The van der Waals surface area contributed by atoms with E-state index in [0.29, 0.717) is 4.57 Å². The van der Waals surface area contributed by atoms with Crippen LogP contribution in [0.4, 0.5) is 64.3 Å². The smallest absolute Gasteiger partial charge is 0.325 e. The average molecular weight is 567 g/mol. The maximum Gasteiger partial charge on any atom is 0.446 e. The van der Waals surface area contributed by atoms with E-state index in [2.05, 4.69) is 4.98 Å². The predicted octanol–water partition coefficient (Wildman–Crippen LogP) is 7.64. The Morgan fingerprint density at radius 2 is 1.32 bits per heavy atom. The molecule has 0 fully saturated rings. The van der Waals surface area contributed by atoms with Gasteiger partial charge in [0.05, 0.1) is 22.5 Å². The van der Waals surface area contributed by atoms with Crippen LogP contribution in [0.25, 0.3) is 5.69 Å². The highest BCUT2D eigenvalue weighted by molar-refractivity contribution is 8.00. The van der Waals surface area contributed by atoms with E-state index in [1.165, 1.54) is 0 Å². The van der Waals surface area contributed by atoms with E-state index in [1.54, 1.807) is 0 Å². The summed E-state index contributed by atoms with van der Waals surface area (Å²) in [5.74, 6) is -1.19. The molecule has 2 aromatic carbocycles. The maximum atomic E-state index is 13.5. The Bertz CT molecular complexity index is 1340. The van der Waals surface area contributed by atoms with Crippen LogP contribution in [0.1, 0.15) is 16.8 Å². The van der Waals surface area contributed by atoms with Crippen molar-refractivity contribution in [2.75, 3.05) is 5.32 Å². The maximum absolute atomic E-state index is 13.5. The number of alkyl halides is 12. The summed E-state index contributed by atoms with van der Waals surface area (Å²) >= 11 is -0.555. The van der Waals surface area contributed by atoms with Crippen molar-refractivity contribution in [3.63, 3.8) is 0 Å². The second-order valence-electron chi connectivity index (χ2n) is 7.06. The highest BCUT2D eigenvalue weighted by Gasteiger charge is 2.39. The van der Waals surface area contributed by atoms with Crippen LogP contribution in [0, 0.1) is 0 Å². The van der Waals surface area contributed by atoms with Gasteiger partial charge in [-0.1, -0.05) is 0 Å². The molecule has 0 aliphatic rings. The number of benzene rings is 2. The number of halogens is 12. The number of hydrogen-bond donors (Lipinski definition) is 1. The highest BCUT2D eigenvalue weighted by atomic mass is 32.2. The molecule has 0 amide bonds. The molecule has 0 aliphatic carbocycles. The molecule has 0 atom stereocenters.